The van der Waals surface area contributed by atoms with Crippen molar-refractivity contribution in [3.05, 3.63) is 29.6 Å². The Hall–Kier alpha value is -2.94. The van der Waals surface area contributed by atoms with E-state index < -0.39 is 5.54 Å². The average Bonchev–Trinajstić information content (AvgIpc) is 3.51. The van der Waals surface area contributed by atoms with Crippen LogP contribution in [0.2, 0.25) is 0 Å². The molecule has 0 radical (unpaired) electrons. The Bertz CT molecular complexity index is 1030. The summed E-state index contributed by atoms with van der Waals surface area (Å²) in [5.74, 6) is 1.54. The van der Waals surface area contributed by atoms with Crippen LogP contribution in [-0.4, -0.2) is 56.9 Å². The summed E-state index contributed by atoms with van der Waals surface area (Å²) in [7, 11) is 0. The highest BCUT2D eigenvalue weighted by molar-refractivity contribution is 6.01. The Morgan fingerprint density at radius 1 is 1.30 bits per heavy atom. The third-order valence-electron chi connectivity index (χ3n) is 6.94. The predicted molar refractivity (Wildman–Crippen MR) is 111 cm³/mol. The molecule has 3 aliphatic heterocycles. The fourth-order valence-corrected chi connectivity index (χ4v) is 4.77. The van der Waals surface area contributed by atoms with Crippen LogP contribution in [0.15, 0.2) is 18.3 Å². The molecular formula is C21H26N6O3. The lowest BCUT2D eigenvalue weighted by atomic mass is 9.89. The van der Waals surface area contributed by atoms with E-state index in [4.69, 9.17) is 4.98 Å². The molecule has 5 heterocycles. The van der Waals surface area contributed by atoms with Gasteiger partial charge >= 0.3 is 0 Å². The maximum absolute atomic E-state index is 12.5. The Morgan fingerprint density at radius 3 is 2.87 bits per heavy atom. The summed E-state index contributed by atoms with van der Waals surface area (Å²) in [5.41, 5.74) is 1.43. The number of carbonyl (C=O) groups excluding carboxylic acids is 2. The lowest BCUT2D eigenvalue weighted by Crippen LogP contribution is -2.48. The van der Waals surface area contributed by atoms with E-state index in [0.717, 1.165) is 25.2 Å². The van der Waals surface area contributed by atoms with E-state index in [1.807, 2.05) is 13.0 Å². The van der Waals surface area contributed by atoms with Crippen molar-refractivity contribution in [1.29, 1.82) is 0 Å². The normalized spacial score (nSPS) is 25.9. The number of pyridine rings is 1. The van der Waals surface area contributed by atoms with E-state index in [9.17, 15) is 14.7 Å². The second-order valence-electron chi connectivity index (χ2n) is 8.63. The van der Waals surface area contributed by atoms with Crippen molar-refractivity contribution in [1.82, 2.24) is 20.1 Å². The zero-order valence-electron chi connectivity index (χ0n) is 17.3. The van der Waals surface area contributed by atoms with Gasteiger partial charge in [0.15, 0.2) is 5.82 Å². The van der Waals surface area contributed by atoms with Gasteiger partial charge in [-0.25, -0.2) is 9.67 Å². The molecule has 2 aromatic heterocycles. The number of aliphatic hydroxyl groups is 1. The Kier molecular flexibility index (Phi) is 4.32. The second-order valence-corrected chi connectivity index (χ2v) is 8.63. The molecule has 0 bridgehead atoms. The van der Waals surface area contributed by atoms with Crippen LogP contribution >= 0.6 is 0 Å². The standard InChI is InChI=1S/C21H26N6O3/c1-13-5-8-26(21(13,2)12-28)17-10-15(19-14(23-17)11-22-20(19)30)27-9-6-16(24-27)25-7-3-4-18(25)29/h6,9-10,13,28H,3-5,7-8,11-12H2,1-2H3,(H,22,30)/t13-,21+/m1/s1. The van der Waals surface area contributed by atoms with Crippen LogP contribution in [0.1, 0.15) is 49.2 Å². The maximum Gasteiger partial charge on any atom is 0.255 e. The van der Waals surface area contributed by atoms with E-state index in [-0.39, 0.29) is 18.4 Å². The first-order valence-corrected chi connectivity index (χ1v) is 10.5. The molecule has 0 unspecified atom stereocenters. The third-order valence-corrected chi connectivity index (χ3v) is 6.94. The van der Waals surface area contributed by atoms with Crippen molar-refractivity contribution in [2.75, 3.05) is 29.5 Å². The average molecular weight is 410 g/mol. The number of fused-ring (bicyclic) bond motifs is 1. The molecule has 0 aromatic carbocycles. The van der Waals surface area contributed by atoms with Gasteiger partial charge in [-0.1, -0.05) is 6.92 Å². The molecule has 9 nitrogen and oxygen atoms in total. The summed E-state index contributed by atoms with van der Waals surface area (Å²) in [5, 5.41) is 17.6. The van der Waals surface area contributed by atoms with Gasteiger partial charge < -0.3 is 15.3 Å². The molecule has 2 aromatic rings. The summed E-state index contributed by atoms with van der Waals surface area (Å²) in [6.45, 7) is 6.04. The zero-order valence-corrected chi connectivity index (χ0v) is 17.3. The van der Waals surface area contributed by atoms with Gasteiger partial charge in [0.05, 0.1) is 35.6 Å². The SMILES string of the molecule is C[C@@H]1CCN(c2cc(-n3ccc(N4CCCC4=O)n3)c3c(n2)CNC3=O)[C@@]1(C)CO. The smallest absolute Gasteiger partial charge is 0.255 e. The van der Waals surface area contributed by atoms with Crippen molar-refractivity contribution in [3.63, 3.8) is 0 Å². The number of anilines is 2. The van der Waals surface area contributed by atoms with Gasteiger partial charge in [0.25, 0.3) is 5.91 Å². The topological polar surface area (TPSA) is 104 Å². The lowest BCUT2D eigenvalue weighted by Gasteiger charge is -2.37. The first-order valence-electron chi connectivity index (χ1n) is 10.5. The molecule has 30 heavy (non-hydrogen) atoms. The minimum atomic E-state index is -0.411. The van der Waals surface area contributed by atoms with Crippen molar-refractivity contribution < 1.29 is 14.7 Å². The van der Waals surface area contributed by atoms with Gasteiger partial charge in [0, 0.05) is 37.8 Å². The Balaban J connectivity index is 1.60. The Morgan fingerprint density at radius 2 is 2.13 bits per heavy atom. The number of rotatable bonds is 4. The minimum absolute atomic E-state index is 0.0302. The number of hydrogen-bond acceptors (Lipinski definition) is 6. The van der Waals surface area contributed by atoms with E-state index in [2.05, 4.69) is 22.2 Å². The number of nitrogens with one attached hydrogen (secondary N) is 1. The Labute approximate surface area is 174 Å². The van der Waals surface area contributed by atoms with Gasteiger partial charge in [0.2, 0.25) is 5.91 Å². The van der Waals surface area contributed by atoms with Gasteiger partial charge in [-0.05, 0) is 25.7 Å². The fraction of sp³-hybridized carbons (Fsp3) is 0.524. The van der Waals surface area contributed by atoms with Crippen LogP contribution in [0.3, 0.4) is 0 Å². The van der Waals surface area contributed by atoms with Crippen LogP contribution in [0, 0.1) is 5.92 Å². The lowest BCUT2D eigenvalue weighted by molar-refractivity contribution is -0.117. The molecule has 5 rings (SSSR count). The quantitative estimate of drug-likeness (QED) is 0.786. The molecule has 2 N–H and O–H groups in total. The highest BCUT2D eigenvalue weighted by atomic mass is 16.3. The third kappa shape index (κ3) is 2.72. The molecule has 0 saturated carbocycles. The highest BCUT2D eigenvalue weighted by Gasteiger charge is 2.43. The largest absolute Gasteiger partial charge is 0.394 e. The number of nitrogens with zero attached hydrogens (tertiary/aromatic N) is 5. The van der Waals surface area contributed by atoms with E-state index >= 15 is 0 Å². The summed E-state index contributed by atoms with van der Waals surface area (Å²) in [4.78, 5) is 33.2. The molecule has 3 aliphatic rings. The van der Waals surface area contributed by atoms with Gasteiger partial charge in [-0.15, -0.1) is 5.10 Å². The summed E-state index contributed by atoms with van der Waals surface area (Å²) < 4.78 is 1.66. The number of aromatic nitrogens is 3. The van der Waals surface area contributed by atoms with E-state index in [1.54, 1.807) is 21.8 Å². The zero-order chi connectivity index (χ0) is 21.0. The molecule has 9 heteroatoms. The second kappa shape index (κ2) is 6.80. The van der Waals surface area contributed by atoms with Crippen LogP contribution in [0.25, 0.3) is 5.69 Å². The van der Waals surface area contributed by atoms with E-state index in [0.29, 0.717) is 48.2 Å². The molecule has 2 saturated heterocycles. The van der Waals surface area contributed by atoms with Crippen molar-refractivity contribution in [3.8, 4) is 5.69 Å². The summed E-state index contributed by atoms with van der Waals surface area (Å²) in [6, 6.07) is 3.68. The molecule has 2 atom stereocenters. The molecular weight excluding hydrogens is 384 g/mol. The minimum Gasteiger partial charge on any atom is -0.394 e. The van der Waals surface area contributed by atoms with Gasteiger partial charge in [0.1, 0.15) is 5.82 Å². The van der Waals surface area contributed by atoms with Gasteiger partial charge in [-0.3, -0.25) is 14.5 Å². The first-order chi connectivity index (χ1) is 14.4. The molecule has 0 aliphatic carbocycles. The van der Waals surface area contributed by atoms with Crippen LogP contribution in [-0.2, 0) is 11.3 Å². The van der Waals surface area contributed by atoms with Gasteiger partial charge in [-0.2, -0.15) is 0 Å². The summed E-state index contributed by atoms with van der Waals surface area (Å²) >= 11 is 0. The summed E-state index contributed by atoms with van der Waals surface area (Å²) in [6.07, 6.45) is 4.11. The number of amides is 2. The molecule has 0 spiro atoms. The van der Waals surface area contributed by atoms with Crippen LogP contribution in [0.5, 0.6) is 0 Å². The van der Waals surface area contributed by atoms with Crippen LogP contribution in [0.4, 0.5) is 11.6 Å². The maximum atomic E-state index is 12.5. The molecule has 2 fully saturated rings. The number of carbonyl (C=O) groups is 2. The van der Waals surface area contributed by atoms with Crippen molar-refractivity contribution in [2.24, 2.45) is 5.92 Å². The molecule has 2 amide bonds. The number of aliphatic hydroxyl groups excluding tert-OH is 1. The van der Waals surface area contributed by atoms with Crippen LogP contribution < -0.4 is 15.1 Å². The van der Waals surface area contributed by atoms with Crippen molar-refractivity contribution in [2.45, 2.75) is 45.2 Å². The van der Waals surface area contributed by atoms with Crippen molar-refractivity contribution >= 4 is 23.5 Å². The number of hydrogen-bond donors (Lipinski definition) is 2. The monoisotopic (exact) mass is 410 g/mol. The highest BCUT2D eigenvalue weighted by Crippen LogP contribution is 2.39. The van der Waals surface area contributed by atoms with E-state index in [1.165, 1.54) is 0 Å². The first kappa shape index (κ1) is 19.0. The predicted octanol–water partition coefficient (Wildman–Crippen LogP) is 1.23. The fourth-order valence-electron chi connectivity index (χ4n) is 4.77. The molecule has 158 valence electrons.